The van der Waals surface area contributed by atoms with Crippen LogP contribution in [0.5, 0.6) is 0 Å². The highest BCUT2D eigenvalue weighted by Gasteiger charge is 2.10. The first-order chi connectivity index (χ1) is 5.61. The van der Waals surface area contributed by atoms with E-state index in [1.165, 1.54) is 6.92 Å². The number of H-pyrrole nitrogens is 1. The average Bonchev–Trinajstić information content (AvgIpc) is 2.33. The minimum atomic E-state index is -0.0310. The van der Waals surface area contributed by atoms with Crippen molar-refractivity contribution in [2.24, 2.45) is 0 Å². The predicted octanol–water partition coefficient (Wildman–Crippen LogP) is 0.915. The van der Waals surface area contributed by atoms with E-state index >= 15 is 0 Å². The molecule has 4 nitrogen and oxygen atoms in total. The van der Waals surface area contributed by atoms with E-state index in [0.29, 0.717) is 0 Å². The molecule has 1 heterocycles. The molecular weight excluding hydrogens is 154 g/mol. The summed E-state index contributed by atoms with van der Waals surface area (Å²) >= 11 is 0. The Hall–Kier alpha value is -1.32. The molecule has 0 spiro atoms. The molecule has 1 aromatic rings. The predicted molar refractivity (Wildman–Crippen MR) is 45.6 cm³/mol. The van der Waals surface area contributed by atoms with Crippen molar-refractivity contribution in [2.75, 3.05) is 0 Å². The number of carbonyl (C=O) groups is 1. The number of rotatable bonds is 2. The molecule has 0 unspecified atom stereocenters. The summed E-state index contributed by atoms with van der Waals surface area (Å²) in [5.74, 6) is -0.0310. The van der Waals surface area contributed by atoms with Crippen LogP contribution in [-0.2, 0) is 4.79 Å². The number of nitrogens with one attached hydrogen (secondary N) is 2. The van der Waals surface area contributed by atoms with E-state index in [2.05, 4.69) is 15.5 Å². The SMILES string of the molecule is CC(=O)N[C@H](C)c1[nH]ncc1C. The van der Waals surface area contributed by atoms with Gasteiger partial charge in [-0.2, -0.15) is 5.10 Å². The number of hydrogen-bond donors (Lipinski definition) is 2. The average molecular weight is 167 g/mol. The van der Waals surface area contributed by atoms with Crippen molar-refractivity contribution in [1.29, 1.82) is 0 Å². The summed E-state index contributed by atoms with van der Waals surface area (Å²) in [6.07, 6.45) is 1.74. The van der Waals surface area contributed by atoms with Crippen molar-refractivity contribution < 1.29 is 4.79 Å². The standard InChI is InChI=1S/C8H13N3O/c1-5-4-9-11-8(5)6(2)10-7(3)12/h4,6H,1-3H3,(H,9,11)(H,10,12)/t6-/m1/s1. The quantitative estimate of drug-likeness (QED) is 0.688. The summed E-state index contributed by atoms with van der Waals surface area (Å²) in [5, 5.41) is 9.50. The molecule has 66 valence electrons. The maximum absolute atomic E-state index is 10.7. The van der Waals surface area contributed by atoms with Crippen molar-refractivity contribution in [3.8, 4) is 0 Å². The maximum Gasteiger partial charge on any atom is 0.217 e. The highest BCUT2D eigenvalue weighted by Crippen LogP contribution is 2.12. The zero-order valence-corrected chi connectivity index (χ0v) is 7.51. The first-order valence-corrected chi connectivity index (χ1v) is 3.88. The lowest BCUT2D eigenvalue weighted by molar-refractivity contribution is -0.119. The van der Waals surface area contributed by atoms with Gasteiger partial charge in [-0.05, 0) is 19.4 Å². The van der Waals surface area contributed by atoms with E-state index in [0.717, 1.165) is 11.3 Å². The zero-order chi connectivity index (χ0) is 9.14. The van der Waals surface area contributed by atoms with Gasteiger partial charge in [-0.1, -0.05) is 0 Å². The Balaban J connectivity index is 2.71. The Labute approximate surface area is 71.4 Å². The van der Waals surface area contributed by atoms with Gasteiger partial charge in [0.2, 0.25) is 5.91 Å². The van der Waals surface area contributed by atoms with Crippen LogP contribution in [-0.4, -0.2) is 16.1 Å². The number of aromatic amines is 1. The van der Waals surface area contributed by atoms with E-state index in [9.17, 15) is 4.79 Å². The molecule has 0 aromatic carbocycles. The molecule has 1 rings (SSSR count). The topological polar surface area (TPSA) is 57.8 Å². The Morgan fingerprint density at radius 2 is 2.42 bits per heavy atom. The summed E-state index contributed by atoms with van der Waals surface area (Å²) in [4.78, 5) is 10.7. The lowest BCUT2D eigenvalue weighted by Gasteiger charge is -2.10. The number of aryl methyl sites for hydroxylation is 1. The molecule has 12 heavy (non-hydrogen) atoms. The monoisotopic (exact) mass is 167 g/mol. The number of amides is 1. The minimum absolute atomic E-state index is 0.00463. The number of hydrogen-bond acceptors (Lipinski definition) is 2. The van der Waals surface area contributed by atoms with Crippen LogP contribution in [0.15, 0.2) is 6.20 Å². The smallest absolute Gasteiger partial charge is 0.217 e. The van der Waals surface area contributed by atoms with Gasteiger partial charge >= 0.3 is 0 Å². The molecule has 4 heteroatoms. The highest BCUT2D eigenvalue weighted by molar-refractivity contribution is 5.73. The van der Waals surface area contributed by atoms with Gasteiger partial charge in [0.05, 0.1) is 17.9 Å². The van der Waals surface area contributed by atoms with Crippen molar-refractivity contribution in [3.63, 3.8) is 0 Å². The minimum Gasteiger partial charge on any atom is -0.348 e. The molecule has 0 saturated carbocycles. The molecule has 1 aromatic heterocycles. The van der Waals surface area contributed by atoms with Gasteiger partial charge in [-0.25, -0.2) is 0 Å². The fourth-order valence-electron chi connectivity index (χ4n) is 1.17. The normalized spacial score (nSPS) is 12.6. The van der Waals surface area contributed by atoms with Gasteiger partial charge in [0, 0.05) is 6.92 Å². The Kier molecular flexibility index (Phi) is 2.47. The summed E-state index contributed by atoms with van der Waals surface area (Å²) in [7, 11) is 0. The second-order valence-electron chi connectivity index (χ2n) is 2.89. The highest BCUT2D eigenvalue weighted by atomic mass is 16.1. The molecule has 2 N–H and O–H groups in total. The van der Waals surface area contributed by atoms with Crippen LogP contribution in [0.4, 0.5) is 0 Å². The van der Waals surface area contributed by atoms with Crippen LogP contribution in [0, 0.1) is 6.92 Å². The summed E-state index contributed by atoms with van der Waals surface area (Å²) < 4.78 is 0. The number of carbonyl (C=O) groups excluding carboxylic acids is 1. The van der Waals surface area contributed by atoms with Crippen LogP contribution in [0.2, 0.25) is 0 Å². The van der Waals surface area contributed by atoms with Crippen molar-refractivity contribution >= 4 is 5.91 Å². The molecule has 0 bridgehead atoms. The van der Waals surface area contributed by atoms with Gasteiger partial charge in [0.15, 0.2) is 0 Å². The first-order valence-electron chi connectivity index (χ1n) is 3.88. The second kappa shape index (κ2) is 3.38. The first kappa shape index (κ1) is 8.77. The lowest BCUT2D eigenvalue weighted by Crippen LogP contribution is -2.24. The molecule has 0 aliphatic rings. The number of aromatic nitrogens is 2. The van der Waals surface area contributed by atoms with Crippen LogP contribution >= 0.6 is 0 Å². The van der Waals surface area contributed by atoms with Gasteiger partial charge in [0.1, 0.15) is 0 Å². The van der Waals surface area contributed by atoms with E-state index in [1.807, 2.05) is 13.8 Å². The fraction of sp³-hybridized carbons (Fsp3) is 0.500. The third-order valence-corrected chi connectivity index (χ3v) is 1.72. The van der Waals surface area contributed by atoms with Gasteiger partial charge < -0.3 is 5.32 Å². The fourth-order valence-corrected chi connectivity index (χ4v) is 1.17. The molecule has 0 aliphatic heterocycles. The lowest BCUT2D eigenvalue weighted by atomic mass is 10.1. The van der Waals surface area contributed by atoms with Crippen LogP contribution < -0.4 is 5.32 Å². The molecular formula is C8H13N3O. The van der Waals surface area contributed by atoms with E-state index in [-0.39, 0.29) is 11.9 Å². The largest absolute Gasteiger partial charge is 0.348 e. The number of nitrogens with zero attached hydrogens (tertiary/aromatic N) is 1. The summed E-state index contributed by atoms with van der Waals surface area (Å²) in [6, 6.07) is 0.00463. The molecule has 0 radical (unpaired) electrons. The van der Waals surface area contributed by atoms with E-state index in [4.69, 9.17) is 0 Å². The third-order valence-electron chi connectivity index (χ3n) is 1.72. The molecule has 0 fully saturated rings. The van der Waals surface area contributed by atoms with Crippen LogP contribution in [0.3, 0.4) is 0 Å². The zero-order valence-electron chi connectivity index (χ0n) is 7.51. The van der Waals surface area contributed by atoms with Crippen LogP contribution in [0.25, 0.3) is 0 Å². The Morgan fingerprint density at radius 3 is 2.83 bits per heavy atom. The second-order valence-corrected chi connectivity index (χ2v) is 2.89. The van der Waals surface area contributed by atoms with Gasteiger partial charge in [0.25, 0.3) is 0 Å². The van der Waals surface area contributed by atoms with Gasteiger partial charge in [-0.15, -0.1) is 0 Å². The molecule has 1 amide bonds. The van der Waals surface area contributed by atoms with Crippen LogP contribution in [0.1, 0.15) is 31.1 Å². The molecule has 1 atom stereocenters. The third kappa shape index (κ3) is 1.84. The van der Waals surface area contributed by atoms with E-state index < -0.39 is 0 Å². The Morgan fingerprint density at radius 1 is 1.75 bits per heavy atom. The van der Waals surface area contributed by atoms with E-state index in [1.54, 1.807) is 6.20 Å². The summed E-state index contributed by atoms with van der Waals surface area (Å²) in [5.41, 5.74) is 2.03. The molecule has 0 aliphatic carbocycles. The summed E-state index contributed by atoms with van der Waals surface area (Å²) in [6.45, 7) is 5.38. The van der Waals surface area contributed by atoms with Crippen molar-refractivity contribution in [1.82, 2.24) is 15.5 Å². The maximum atomic E-state index is 10.7. The Bertz CT molecular complexity index is 280. The van der Waals surface area contributed by atoms with Crippen molar-refractivity contribution in [2.45, 2.75) is 26.8 Å². The van der Waals surface area contributed by atoms with Crippen molar-refractivity contribution in [3.05, 3.63) is 17.5 Å². The molecule has 0 saturated heterocycles. The van der Waals surface area contributed by atoms with Gasteiger partial charge in [-0.3, -0.25) is 9.89 Å².